The third-order valence-electron chi connectivity index (χ3n) is 5.18. The number of aliphatic hydroxyl groups is 1. The molecule has 108 valence electrons. The molecule has 3 nitrogen and oxygen atoms in total. The first-order valence-electron chi connectivity index (χ1n) is 7.97. The highest BCUT2D eigenvalue weighted by Crippen LogP contribution is 2.46. The van der Waals surface area contributed by atoms with Crippen molar-refractivity contribution in [1.82, 2.24) is 9.38 Å². The molecule has 4 rings (SSSR count). The van der Waals surface area contributed by atoms with E-state index in [0.29, 0.717) is 11.8 Å². The fourth-order valence-corrected chi connectivity index (χ4v) is 5.06. The normalized spacial score (nSPS) is 23.1. The van der Waals surface area contributed by atoms with E-state index >= 15 is 0 Å². The number of nitrogens with zero attached hydrogens (tertiary/aromatic N) is 2. The molecule has 2 saturated carbocycles. The summed E-state index contributed by atoms with van der Waals surface area (Å²) in [5.74, 6) is 1.14. The molecule has 2 aliphatic carbocycles. The lowest BCUT2D eigenvalue weighted by Gasteiger charge is -2.30. The largest absolute Gasteiger partial charge is 0.387 e. The summed E-state index contributed by atoms with van der Waals surface area (Å²) in [6.07, 6.45) is 13.7. The van der Waals surface area contributed by atoms with Gasteiger partial charge in [0.05, 0.1) is 18.0 Å². The summed E-state index contributed by atoms with van der Waals surface area (Å²) in [5, 5.41) is 11.0. The number of imidazole rings is 1. The summed E-state index contributed by atoms with van der Waals surface area (Å²) in [6, 6.07) is 0. The Balaban J connectivity index is 1.73. The minimum atomic E-state index is -0.297. The van der Waals surface area contributed by atoms with E-state index in [1.54, 1.807) is 0 Å². The van der Waals surface area contributed by atoms with Crippen LogP contribution in [0.2, 0.25) is 0 Å². The third kappa shape index (κ3) is 2.01. The predicted octanol–water partition coefficient (Wildman–Crippen LogP) is 4.28. The molecule has 2 aromatic heterocycles. The first-order chi connectivity index (χ1) is 9.84. The van der Waals surface area contributed by atoms with Gasteiger partial charge in [-0.15, -0.1) is 11.3 Å². The van der Waals surface area contributed by atoms with Crippen molar-refractivity contribution in [2.75, 3.05) is 0 Å². The van der Waals surface area contributed by atoms with Crippen LogP contribution in [0.25, 0.3) is 4.83 Å². The van der Waals surface area contributed by atoms with Gasteiger partial charge in [-0.2, -0.15) is 0 Å². The van der Waals surface area contributed by atoms with E-state index in [0.717, 1.165) is 0 Å². The molecule has 0 unspecified atom stereocenters. The number of hydrogen-bond acceptors (Lipinski definition) is 3. The number of rotatable bonds is 3. The lowest BCUT2D eigenvalue weighted by molar-refractivity contribution is 0.0791. The molecule has 0 spiro atoms. The maximum absolute atomic E-state index is 11.0. The highest BCUT2D eigenvalue weighted by atomic mass is 32.1. The SMILES string of the molecule is O[C@H](c1c(C2CCC2)sc2cncn12)C1CCCCC1. The van der Waals surface area contributed by atoms with Gasteiger partial charge in [0.2, 0.25) is 0 Å². The molecule has 0 aliphatic heterocycles. The second-order valence-electron chi connectivity index (χ2n) is 6.42. The molecule has 2 fully saturated rings. The van der Waals surface area contributed by atoms with Crippen LogP contribution >= 0.6 is 11.3 Å². The molecule has 0 bridgehead atoms. The molecule has 1 N–H and O–H groups in total. The molecular weight excluding hydrogens is 268 g/mol. The molecule has 0 aromatic carbocycles. The Morgan fingerprint density at radius 2 is 1.95 bits per heavy atom. The Bertz CT molecular complexity index is 593. The van der Waals surface area contributed by atoms with Crippen molar-refractivity contribution < 1.29 is 5.11 Å². The van der Waals surface area contributed by atoms with Gasteiger partial charge in [-0.1, -0.05) is 25.7 Å². The average Bonchev–Trinajstić information content (AvgIpc) is 2.97. The maximum atomic E-state index is 11.0. The number of aromatic nitrogens is 2. The number of hydrogen-bond donors (Lipinski definition) is 1. The van der Waals surface area contributed by atoms with E-state index in [1.165, 1.54) is 66.8 Å². The van der Waals surface area contributed by atoms with E-state index in [1.807, 2.05) is 23.9 Å². The van der Waals surface area contributed by atoms with E-state index < -0.39 is 0 Å². The molecule has 0 radical (unpaired) electrons. The summed E-state index contributed by atoms with van der Waals surface area (Å²) < 4.78 is 2.15. The van der Waals surface area contributed by atoms with Crippen LogP contribution in [-0.2, 0) is 0 Å². The van der Waals surface area contributed by atoms with Crippen LogP contribution in [0.1, 0.15) is 74.0 Å². The first kappa shape index (κ1) is 12.8. The van der Waals surface area contributed by atoms with Crippen LogP contribution in [0.3, 0.4) is 0 Å². The predicted molar refractivity (Wildman–Crippen MR) is 81.2 cm³/mol. The van der Waals surface area contributed by atoms with E-state index in [4.69, 9.17) is 0 Å². The van der Waals surface area contributed by atoms with Crippen molar-refractivity contribution in [3.05, 3.63) is 23.1 Å². The molecule has 2 heterocycles. The van der Waals surface area contributed by atoms with Gasteiger partial charge in [0, 0.05) is 4.88 Å². The van der Waals surface area contributed by atoms with Crippen LogP contribution in [-0.4, -0.2) is 14.5 Å². The van der Waals surface area contributed by atoms with E-state index in [-0.39, 0.29) is 6.10 Å². The second kappa shape index (κ2) is 5.15. The Labute approximate surface area is 123 Å². The summed E-state index contributed by atoms with van der Waals surface area (Å²) in [5.41, 5.74) is 1.17. The standard InChI is InChI=1S/C16H22N2OS/c19-15(11-5-2-1-3-6-11)14-16(12-7-4-8-12)20-13-9-17-10-18(13)14/h9-12,15,19H,1-8H2/t15-/m0/s1. The van der Waals surface area contributed by atoms with E-state index in [9.17, 15) is 5.11 Å². The fourth-order valence-electron chi connectivity index (χ4n) is 3.75. The third-order valence-corrected chi connectivity index (χ3v) is 6.46. The lowest BCUT2D eigenvalue weighted by atomic mass is 9.80. The summed E-state index contributed by atoms with van der Waals surface area (Å²) in [4.78, 5) is 6.88. The molecule has 4 heteroatoms. The van der Waals surface area contributed by atoms with Gasteiger partial charge < -0.3 is 5.11 Å². The van der Waals surface area contributed by atoms with Crippen LogP contribution < -0.4 is 0 Å². The summed E-state index contributed by atoms with van der Waals surface area (Å²) in [7, 11) is 0. The summed E-state index contributed by atoms with van der Waals surface area (Å²) >= 11 is 1.85. The quantitative estimate of drug-likeness (QED) is 0.916. The molecule has 20 heavy (non-hydrogen) atoms. The monoisotopic (exact) mass is 290 g/mol. The fraction of sp³-hybridized carbons (Fsp3) is 0.688. The highest BCUT2D eigenvalue weighted by Gasteiger charge is 2.32. The maximum Gasteiger partial charge on any atom is 0.120 e. The first-order valence-corrected chi connectivity index (χ1v) is 8.79. The van der Waals surface area contributed by atoms with Gasteiger partial charge in [-0.3, -0.25) is 4.40 Å². The van der Waals surface area contributed by atoms with Gasteiger partial charge in [0.15, 0.2) is 0 Å². The van der Waals surface area contributed by atoms with Gasteiger partial charge in [-0.05, 0) is 37.5 Å². The van der Waals surface area contributed by atoms with Gasteiger partial charge in [0.1, 0.15) is 11.2 Å². The van der Waals surface area contributed by atoms with Gasteiger partial charge >= 0.3 is 0 Å². The minimum absolute atomic E-state index is 0.297. The van der Waals surface area contributed by atoms with Gasteiger partial charge in [-0.25, -0.2) is 4.98 Å². The van der Waals surface area contributed by atoms with Crippen molar-refractivity contribution in [2.24, 2.45) is 5.92 Å². The van der Waals surface area contributed by atoms with Crippen LogP contribution in [0.4, 0.5) is 0 Å². The van der Waals surface area contributed by atoms with Crippen molar-refractivity contribution in [1.29, 1.82) is 0 Å². The van der Waals surface area contributed by atoms with Crippen LogP contribution in [0, 0.1) is 5.92 Å². The Hall–Kier alpha value is -0.870. The zero-order chi connectivity index (χ0) is 13.5. The molecule has 1 atom stereocenters. The van der Waals surface area contributed by atoms with E-state index in [2.05, 4.69) is 9.38 Å². The molecule has 0 saturated heterocycles. The minimum Gasteiger partial charge on any atom is -0.387 e. The topological polar surface area (TPSA) is 37.5 Å². The molecule has 0 amide bonds. The number of fused-ring (bicyclic) bond motifs is 1. The highest BCUT2D eigenvalue weighted by molar-refractivity contribution is 7.17. The van der Waals surface area contributed by atoms with Crippen molar-refractivity contribution in [2.45, 2.75) is 63.4 Å². The Kier molecular flexibility index (Phi) is 3.31. The molecule has 2 aromatic rings. The second-order valence-corrected chi connectivity index (χ2v) is 7.49. The average molecular weight is 290 g/mol. The Morgan fingerprint density at radius 1 is 1.15 bits per heavy atom. The number of aliphatic hydroxyl groups excluding tert-OH is 1. The molecular formula is C16H22N2OS. The zero-order valence-corrected chi connectivity index (χ0v) is 12.6. The smallest absolute Gasteiger partial charge is 0.120 e. The Morgan fingerprint density at radius 3 is 2.65 bits per heavy atom. The van der Waals surface area contributed by atoms with Crippen molar-refractivity contribution in [3.63, 3.8) is 0 Å². The molecule has 2 aliphatic rings. The number of thiazole rings is 1. The summed E-state index contributed by atoms with van der Waals surface area (Å²) in [6.45, 7) is 0. The van der Waals surface area contributed by atoms with Gasteiger partial charge in [0.25, 0.3) is 0 Å². The van der Waals surface area contributed by atoms with Crippen LogP contribution in [0.5, 0.6) is 0 Å². The zero-order valence-electron chi connectivity index (χ0n) is 11.8. The van der Waals surface area contributed by atoms with Crippen molar-refractivity contribution >= 4 is 16.2 Å². The lowest BCUT2D eigenvalue weighted by Crippen LogP contribution is -2.20. The van der Waals surface area contributed by atoms with Crippen LogP contribution in [0.15, 0.2) is 12.5 Å². The van der Waals surface area contributed by atoms with Crippen molar-refractivity contribution in [3.8, 4) is 0 Å².